The van der Waals surface area contributed by atoms with Crippen molar-refractivity contribution in [2.24, 2.45) is 0 Å². The van der Waals surface area contributed by atoms with Crippen LogP contribution in [0.2, 0.25) is 0 Å². The first kappa shape index (κ1) is 18.3. The van der Waals surface area contributed by atoms with E-state index in [-0.39, 0.29) is 11.9 Å². The van der Waals surface area contributed by atoms with E-state index in [1.54, 1.807) is 11.3 Å². The average Bonchev–Trinajstić information content (AvgIpc) is 3.10. The summed E-state index contributed by atoms with van der Waals surface area (Å²) in [5.41, 5.74) is 5.56. The molecule has 0 bridgehead atoms. The van der Waals surface area contributed by atoms with Crippen molar-refractivity contribution in [2.75, 3.05) is 0 Å². The molecule has 3 rings (SSSR count). The van der Waals surface area contributed by atoms with Crippen molar-refractivity contribution in [1.29, 1.82) is 0 Å². The van der Waals surface area contributed by atoms with Gasteiger partial charge in [0.05, 0.1) is 18.2 Å². The third-order valence-corrected chi connectivity index (χ3v) is 5.40. The second-order valence-corrected chi connectivity index (χ2v) is 7.43. The third-order valence-electron chi connectivity index (χ3n) is 4.46. The maximum Gasteiger partial charge on any atom is 0.226 e. The number of aryl methyl sites for hydroxylation is 2. The number of hydrogen-bond acceptors (Lipinski definition) is 3. The number of hydrogen-bond donors (Lipinski definition) is 1. The van der Waals surface area contributed by atoms with E-state index in [1.807, 2.05) is 12.3 Å². The summed E-state index contributed by atoms with van der Waals surface area (Å²) < 4.78 is 0. The molecule has 0 radical (unpaired) electrons. The fourth-order valence-electron chi connectivity index (χ4n) is 2.80. The Morgan fingerprint density at radius 2 is 1.81 bits per heavy atom. The molecule has 1 N–H and O–H groups in total. The topological polar surface area (TPSA) is 42.0 Å². The molecule has 1 amide bonds. The maximum atomic E-state index is 12.4. The van der Waals surface area contributed by atoms with Crippen LogP contribution in [0.25, 0.3) is 10.6 Å². The van der Waals surface area contributed by atoms with E-state index < -0.39 is 0 Å². The van der Waals surface area contributed by atoms with Crippen molar-refractivity contribution in [2.45, 2.75) is 39.7 Å². The lowest BCUT2D eigenvalue weighted by Gasteiger charge is -2.14. The van der Waals surface area contributed by atoms with Gasteiger partial charge < -0.3 is 5.32 Å². The standard InChI is InChI=1S/C22H24N2OS/c1-4-17-7-11-18(12-8-17)16(3)23-21(25)13-20-14-26-22(24-20)19-9-5-15(2)6-10-19/h5-12,14,16H,4,13H2,1-3H3,(H,23,25). The van der Waals surface area contributed by atoms with Crippen LogP contribution in [-0.4, -0.2) is 10.9 Å². The number of amides is 1. The normalized spacial score (nSPS) is 12.0. The number of nitrogens with one attached hydrogen (secondary N) is 1. The molecule has 4 heteroatoms. The molecule has 0 saturated carbocycles. The van der Waals surface area contributed by atoms with Gasteiger partial charge in [-0.1, -0.05) is 61.0 Å². The van der Waals surface area contributed by atoms with Gasteiger partial charge in [-0.15, -0.1) is 11.3 Å². The molecule has 1 heterocycles. The van der Waals surface area contributed by atoms with E-state index in [9.17, 15) is 4.79 Å². The van der Waals surface area contributed by atoms with Gasteiger partial charge in [-0.05, 0) is 31.4 Å². The number of carbonyl (C=O) groups excluding carboxylic acids is 1. The van der Waals surface area contributed by atoms with Crippen LogP contribution in [0.3, 0.4) is 0 Å². The molecule has 3 aromatic rings. The minimum absolute atomic E-state index is 0.00201. The summed E-state index contributed by atoms with van der Waals surface area (Å²) >= 11 is 1.58. The predicted octanol–water partition coefficient (Wildman–Crippen LogP) is 5.10. The van der Waals surface area contributed by atoms with E-state index in [0.29, 0.717) is 6.42 Å². The van der Waals surface area contributed by atoms with Gasteiger partial charge in [0.2, 0.25) is 5.91 Å². The lowest BCUT2D eigenvalue weighted by molar-refractivity contribution is -0.121. The lowest BCUT2D eigenvalue weighted by atomic mass is 10.0. The quantitative estimate of drug-likeness (QED) is 0.661. The molecule has 1 aromatic heterocycles. The van der Waals surface area contributed by atoms with Crippen molar-refractivity contribution in [3.8, 4) is 10.6 Å². The van der Waals surface area contributed by atoms with Crippen molar-refractivity contribution in [3.63, 3.8) is 0 Å². The number of benzene rings is 2. The molecule has 0 spiro atoms. The molecule has 134 valence electrons. The molecule has 26 heavy (non-hydrogen) atoms. The number of nitrogens with zero attached hydrogens (tertiary/aromatic N) is 1. The number of thiazole rings is 1. The molecule has 2 aromatic carbocycles. The van der Waals surface area contributed by atoms with Crippen LogP contribution >= 0.6 is 11.3 Å². The Morgan fingerprint density at radius 1 is 1.12 bits per heavy atom. The minimum atomic E-state index is -0.0105. The Hall–Kier alpha value is -2.46. The van der Waals surface area contributed by atoms with Crippen LogP contribution in [0, 0.1) is 6.92 Å². The van der Waals surface area contributed by atoms with Crippen molar-refractivity contribution < 1.29 is 4.79 Å². The van der Waals surface area contributed by atoms with E-state index in [0.717, 1.165) is 28.2 Å². The number of aromatic nitrogens is 1. The highest BCUT2D eigenvalue weighted by Gasteiger charge is 2.12. The Balaban J connectivity index is 1.60. The Morgan fingerprint density at radius 3 is 2.46 bits per heavy atom. The Labute approximate surface area is 159 Å². The van der Waals surface area contributed by atoms with Crippen molar-refractivity contribution in [3.05, 3.63) is 76.3 Å². The summed E-state index contributed by atoms with van der Waals surface area (Å²) in [5, 5.41) is 5.99. The smallest absolute Gasteiger partial charge is 0.226 e. The summed E-state index contributed by atoms with van der Waals surface area (Å²) in [6, 6.07) is 16.7. The van der Waals surface area contributed by atoms with Crippen LogP contribution in [0.15, 0.2) is 53.9 Å². The highest BCUT2D eigenvalue weighted by atomic mass is 32.1. The van der Waals surface area contributed by atoms with Gasteiger partial charge >= 0.3 is 0 Å². The zero-order chi connectivity index (χ0) is 18.5. The van der Waals surface area contributed by atoms with Gasteiger partial charge in [0.15, 0.2) is 0 Å². The maximum absolute atomic E-state index is 12.4. The Bertz CT molecular complexity index is 866. The zero-order valence-electron chi connectivity index (χ0n) is 15.5. The number of carbonyl (C=O) groups is 1. The molecule has 0 aliphatic rings. The predicted molar refractivity (Wildman–Crippen MR) is 108 cm³/mol. The van der Waals surface area contributed by atoms with E-state index in [2.05, 4.69) is 72.7 Å². The first-order chi connectivity index (χ1) is 12.5. The SMILES string of the molecule is CCc1ccc(C(C)NC(=O)Cc2csc(-c3ccc(C)cc3)n2)cc1. The average molecular weight is 365 g/mol. The van der Waals surface area contributed by atoms with Crippen LogP contribution < -0.4 is 5.32 Å². The van der Waals surface area contributed by atoms with Crippen LogP contribution in [0.1, 0.15) is 42.3 Å². The fourth-order valence-corrected chi connectivity index (χ4v) is 3.63. The molecule has 1 atom stereocenters. The zero-order valence-corrected chi connectivity index (χ0v) is 16.3. The highest BCUT2D eigenvalue weighted by Crippen LogP contribution is 2.24. The summed E-state index contributed by atoms with van der Waals surface area (Å²) in [6.45, 7) is 6.22. The van der Waals surface area contributed by atoms with Crippen LogP contribution in [0.4, 0.5) is 0 Å². The first-order valence-corrected chi connectivity index (χ1v) is 9.82. The second kappa shape index (κ2) is 8.28. The second-order valence-electron chi connectivity index (χ2n) is 6.57. The molecule has 0 aliphatic carbocycles. The van der Waals surface area contributed by atoms with Crippen molar-refractivity contribution in [1.82, 2.24) is 10.3 Å². The summed E-state index contributed by atoms with van der Waals surface area (Å²) in [4.78, 5) is 17.0. The van der Waals surface area contributed by atoms with Gasteiger partial charge in [-0.3, -0.25) is 4.79 Å². The van der Waals surface area contributed by atoms with Crippen LogP contribution in [0.5, 0.6) is 0 Å². The lowest BCUT2D eigenvalue weighted by Crippen LogP contribution is -2.28. The molecule has 3 nitrogen and oxygen atoms in total. The van der Waals surface area contributed by atoms with Gasteiger partial charge in [0.1, 0.15) is 5.01 Å². The summed E-state index contributed by atoms with van der Waals surface area (Å²) in [5.74, 6) is -0.00201. The first-order valence-electron chi connectivity index (χ1n) is 8.95. The van der Waals surface area contributed by atoms with Gasteiger partial charge in [0.25, 0.3) is 0 Å². The monoisotopic (exact) mass is 364 g/mol. The van der Waals surface area contributed by atoms with Crippen LogP contribution in [-0.2, 0) is 17.6 Å². The van der Waals surface area contributed by atoms with Crippen molar-refractivity contribution >= 4 is 17.2 Å². The molecule has 0 fully saturated rings. The third kappa shape index (κ3) is 4.58. The summed E-state index contributed by atoms with van der Waals surface area (Å²) in [6.07, 6.45) is 1.33. The largest absolute Gasteiger partial charge is 0.349 e. The number of rotatable bonds is 6. The molecule has 1 unspecified atom stereocenters. The molecule has 0 aliphatic heterocycles. The van der Waals surface area contributed by atoms with Gasteiger partial charge in [0, 0.05) is 10.9 Å². The fraction of sp³-hybridized carbons (Fsp3) is 0.273. The minimum Gasteiger partial charge on any atom is -0.349 e. The molecular weight excluding hydrogens is 340 g/mol. The van der Waals surface area contributed by atoms with E-state index in [1.165, 1.54) is 11.1 Å². The highest BCUT2D eigenvalue weighted by molar-refractivity contribution is 7.13. The van der Waals surface area contributed by atoms with Gasteiger partial charge in [-0.25, -0.2) is 4.98 Å². The molecule has 0 saturated heterocycles. The summed E-state index contributed by atoms with van der Waals surface area (Å²) in [7, 11) is 0. The van der Waals surface area contributed by atoms with E-state index in [4.69, 9.17) is 0 Å². The Kier molecular flexibility index (Phi) is 5.84. The van der Waals surface area contributed by atoms with Gasteiger partial charge in [-0.2, -0.15) is 0 Å². The van der Waals surface area contributed by atoms with E-state index >= 15 is 0 Å². The molecular formula is C22H24N2OS.